The van der Waals surface area contributed by atoms with E-state index in [0.29, 0.717) is 11.3 Å². The van der Waals surface area contributed by atoms with Crippen LogP contribution in [0.1, 0.15) is 10.4 Å². The van der Waals surface area contributed by atoms with Crippen LogP contribution in [0.15, 0.2) is 42.5 Å². The van der Waals surface area contributed by atoms with Gasteiger partial charge in [0, 0.05) is 11.8 Å². The number of rotatable bonds is 4. The Hall–Kier alpha value is -2.96. The summed E-state index contributed by atoms with van der Waals surface area (Å²) >= 11 is 0. The summed E-state index contributed by atoms with van der Waals surface area (Å²) in [6, 6.07) is 9.54. The predicted molar refractivity (Wildman–Crippen MR) is 74.1 cm³/mol. The number of methoxy groups -OCH3 is 1. The number of halogens is 1. The van der Waals surface area contributed by atoms with Crippen molar-refractivity contribution in [3.8, 4) is 0 Å². The first-order valence-corrected chi connectivity index (χ1v) is 5.91. The zero-order valence-corrected chi connectivity index (χ0v) is 11.0. The van der Waals surface area contributed by atoms with Gasteiger partial charge in [-0.2, -0.15) is 0 Å². The van der Waals surface area contributed by atoms with Gasteiger partial charge in [-0.15, -0.1) is 0 Å². The average Bonchev–Trinajstić information content (AvgIpc) is 2.49. The third-order valence-corrected chi connectivity index (χ3v) is 2.76. The van der Waals surface area contributed by atoms with E-state index in [0.717, 1.165) is 6.07 Å². The number of carbonyl (C=O) groups is 1. The maximum atomic E-state index is 13.7. The molecule has 0 radical (unpaired) electrons. The number of nitrogens with zero attached hydrogens (tertiary/aromatic N) is 1. The number of anilines is 2. The van der Waals surface area contributed by atoms with E-state index in [1.54, 1.807) is 0 Å². The molecule has 108 valence electrons. The van der Waals surface area contributed by atoms with Gasteiger partial charge in [0.2, 0.25) is 0 Å². The van der Waals surface area contributed by atoms with Crippen LogP contribution in [-0.4, -0.2) is 18.0 Å². The van der Waals surface area contributed by atoms with Gasteiger partial charge >= 0.3 is 5.97 Å². The summed E-state index contributed by atoms with van der Waals surface area (Å²) in [6.45, 7) is 0. The molecule has 21 heavy (non-hydrogen) atoms. The number of nitrogens with one attached hydrogen (secondary N) is 1. The van der Waals surface area contributed by atoms with Gasteiger partial charge in [0.15, 0.2) is 11.5 Å². The molecule has 0 bridgehead atoms. The number of carbonyl (C=O) groups excluding carboxylic acids is 1. The second kappa shape index (κ2) is 6.00. The highest BCUT2D eigenvalue weighted by atomic mass is 19.1. The van der Waals surface area contributed by atoms with Crippen molar-refractivity contribution in [3.63, 3.8) is 0 Å². The molecular weight excluding hydrogens is 279 g/mol. The number of hydrogen-bond acceptors (Lipinski definition) is 5. The number of hydrogen-bond donors (Lipinski definition) is 1. The monoisotopic (exact) mass is 290 g/mol. The van der Waals surface area contributed by atoms with E-state index in [-0.39, 0.29) is 11.4 Å². The Kier molecular flexibility index (Phi) is 4.13. The summed E-state index contributed by atoms with van der Waals surface area (Å²) in [5.74, 6) is -1.24. The molecule has 0 aliphatic heterocycles. The standard InChI is InChI=1S/C14H11FN2O4/c1-21-14(18)9-5-7-10(8-6-9)16-13-11(15)3-2-4-12(13)17(19)20/h2-8,16H,1H3. The Morgan fingerprint density at radius 2 is 1.90 bits per heavy atom. The lowest BCUT2D eigenvalue weighted by Crippen LogP contribution is -2.02. The molecule has 0 heterocycles. The van der Waals surface area contributed by atoms with Gasteiger partial charge in [-0.3, -0.25) is 10.1 Å². The molecule has 0 saturated heterocycles. The summed E-state index contributed by atoms with van der Waals surface area (Å²) < 4.78 is 18.3. The molecule has 1 N–H and O–H groups in total. The number of esters is 1. The maximum absolute atomic E-state index is 13.7. The van der Waals surface area contributed by atoms with Gasteiger partial charge in [-0.25, -0.2) is 9.18 Å². The van der Waals surface area contributed by atoms with E-state index in [9.17, 15) is 19.3 Å². The molecule has 0 fully saturated rings. The van der Waals surface area contributed by atoms with Crippen molar-refractivity contribution in [3.05, 3.63) is 64.0 Å². The van der Waals surface area contributed by atoms with Crippen molar-refractivity contribution in [1.29, 1.82) is 0 Å². The van der Waals surface area contributed by atoms with E-state index < -0.39 is 16.7 Å². The van der Waals surface area contributed by atoms with Crippen LogP contribution >= 0.6 is 0 Å². The number of benzene rings is 2. The highest BCUT2D eigenvalue weighted by Crippen LogP contribution is 2.30. The highest BCUT2D eigenvalue weighted by molar-refractivity contribution is 5.89. The molecular formula is C14H11FN2O4. The van der Waals surface area contributed by atoms with Crippen molar-refractivity contribution in [2.24, 2.45) is 0 Å². The molecule has 0 aliphatic carbocycles. The third-order valence-electron chi connectivity index (χ3n) is 2.76. The van der Waals surface area contributed by atoms with E-state index >= 15 is 0 Å². The fourth-order valence-corrected chi connectivity index (χ4v) is 1.74. The molecule has 7 heteroatoms. The van der Waals surface area contributed by atoms with Gasteiger partial charge in [0.05, 0.1) is 17.6 Å². The summed E-state index contributed by atoms with van der Waals surface area (Å²) in [7, 11) is 1.26. The van der Waals surface area contributed by atoms with Gasteiger partial charge < -0.3 is 10.1 Å². The Morgan fingerprint density at radius 1 is 1.24 bits per heavy atom. The minimum absolute atomic E-state index is 0.228. The van der Waals surface area contributed by atoms with Crippen LogP contribution in [0.25, 0.3) is 0 Å². The smallest absolute Gasteiger partial charge is 0.337 e. The van der Waals surface area contributed by atoms with Gasteiger partial charge in [0.25, 0.3) is 5.69 Å². The van der Waals surface area contributed by atoms with Crippen molar-refractivity contribution in [1.82, 2.24) is 0 Å². The largest absolute Gasteiger partial charge is 0.465 e. The average molecular weight is 290 g/mol. The van der Waals surface area contributed by atoms with E-state index in [2.05, 4.69) is 10.1 Å². The lowest BCUT2D eigenvalue weighted by Gasteiger charge is -2.08. The van der Waals surface area contributed by atoms with Crippen LogP contribution in [0.3, 0.4) is 0 Å². The molecule has 0 aliphatic rings. The Bertz CT molecular complexity index is 686. The molecule has 2 aromatic rings. The summed E-state index contributed by atoms with van der Waals surface area (Å²) in [5, 5.41) is 13.5. The third kappa shape index (κ3) is 3.14. The van der Waals surface area contributed by atoms with Gasteiger partial charge in [0.1, 0.15) is 0 Å². The van der Waals surface area contributed by atoms with E-state index in [1.165, 1.54) is 43.5 Å². The molecule has 6 nitrogen and oxygen atoms in total. The predicted octanol–water partition coefficient (Wildman–Crippen LogP) is 3.26. The molecule has 2 rings (SSSR count). The lowest BCUT2D eigenvalue weighted by atomic mass is 10.2. The number of nitro groups is 1. The second-order valence-corrected chi connectivity index (χ2v) is 4.09. The van der Waals surface area contributed by atoms with Crippen LogP contribution in [0, 0.1) is 15.9 Å². The van der Waals surface area contributed by atoms with Crippen LogP contribution in [0.5, 0.6) is 0 Å². The van der Waals surface area contributed by atoms with Gasteiger partial charge in [-0.05, 0) is 30.3 Å². The summed E-state index contributed by atoms with van der Waals surface area (Å²) in [4.78, 5) is 21.5. The van der Waals surface area contributed by atoms with Crippen molar-refractivity contribution >= 4 is 23.0 Å². The molecule has 0 saturated carbocycles. The second-order valence-electron chi connectivity index (χ2n) is 4.09. The Morgan fingerprint density at radius 3 is 2.48 bits per heavy atom. The van der Waals surface area contributed by atoms with Crippen LogP contribution in [0.4, 0.5) is 21.5 Å². The molecule has 0 unspecified atom stereocenters. The Balaban J connectivity index is 2.30. The molecule has 0 aromatic heterocycles. The summed E-state index contributed by atoms with van der Waals surface area (Å²) in [5.41, 5.74) is 0.141. The first kappa shape index (κ1) is 14.4. The van der Waals surface area contributed by atoms with Crippen LogP contribution < -0.4 is 5.32 Å². The maximum Gasteiger partial charge on any atom is 0.337 e. The molecule has 0 atom stereocenters. The number of ether oxygens (including phenoxy) is 1. The quantitative estimate of drug-likeness (QED) is 0.531. The van der Waals surface area contributed by atoms with Crippen molar-refractivity contribution in [2.45, 2.75) is 0 Å². The van der Waals surface area contributed by atoms with Crippen molar-refractivity contribution < 1.29 is 18.8 Å². The lowest BCUT2D eigenvalue weighted by molar-refractivity contribution is -0.384. The molecule has 0 spiro atoms. The minimum atomic E-state index is -0.735. The fourth-order valence-electron chi connectivity index (χ4n) is 1.74. The SMILES string of the molecule is COC(=O)c1ccc(Nc2c(F)cccc2[N+](=O)[O-])cc1. The molecule has 0 amide bonds. The zero-order valence-electron chi connectivity index (χ0n) is 11.0. The molecule has 2 aromatic carbocycles. The number of nitro benzene ring substituents is 1. The number of para-hydroxylation sites is 1. The normalized spacial score (nSPS) is 10.0. The summed E-state index contributed by atoms with van der Waals surface area (Å²) in [6.07, 6.45) is 0. The first-order chi connectivity index (χ1) is 10.0. The van der Waals surface area contributed by atoms with Crippen LogP contribution in [-0.2, 0) is 4.74 Å². The van der Waals surface area contributed by atoms with Gasteiger partial charge in [-0.1, -0.05) is 6.07 Å². The van der Waals surface area contributed by atoms with E-state index in [1.807, 2.05) is 0 Å². The minimum Gasteiger partial charge on any atom is -0.465 e. The fraction of sp³-hybridized carbons (Fsp3) is 0.0714. The highest BCUT2D eigenvalue weighted by Gasteiger charge is 2.17. The Labute approximate surface area is 119 Å². The van der Waals surface area contributed by atoms with E-state index in [4.69, 9.17) is 0 Å². The first-order valence-electron chi connectivity index (χ1n) is 5.91. The van der Waals surface area contributed by atoms with Crippen molar-refractivity contribution in [2.75, 3.05) is 12.4 Å². The topological polar surface area (TPSA) is 81.5 Å². The zero-order chi connectivity index (χ0) is 15.4. The van der Waals surface area contributed by atoms with Crippen LogP contribution in [0.2, 0.25) is 0 Å².